The molecule has 8 nitrogen and oxygen atoms in total. The number of carboxylic acid groups (broad SMARTS) is 1. The third-order valence-electron chi connectivity index (χ3n) is 3.98. The zero-order chi connectivity index (χ0) is 20.8. The number of carbonyl (C=O) groups excluding carboxylic acids is 1. The monoisotopic (exact) mass is 604 g/mol. The number of alkyl carbamates (subject to hydrolysis) is 1. The van der Waals surface area contributed by atoms with Crippen molar-refractivity contribution in [2.75, 3.05) is 18.5 Å². The molecule has 0 radical (unpaired) electrons. The van der Waals surface area contributed by atoms with Crippen LogP contribution in [-0.4, -0.2) is 57.1 Å². The first-order valence-corrected chi connectivity index (χ1v) is 11.1. The second-order valence-corrected chi connectivity index (χ2v) is 9.06. The third-order valence-corrected chi connectivity index (χ3v) is 6.67. The van der Waals surface area contributed by atoms with Crippen molar-refractivity contribution in [1.82, 2.24) is 20.7 Å². The predicted octanol–water partition coefficient (Wildman–Crippen LogP) is 3.05. The predicted molar refractivity (Wildman–Crippen MR) is 109 cm³/mol. The molecule has 0 aliphatic carbocycles. The fourth-order valence-electron chi connectivity index (χ4n) is 2.30. The Balaban J connectivity index is 0.000000846. The Bertz CT molecular complexity index is 679. The number of rotatable bonds is 9. The maximum atomic E-state index is 11.6. The first-order chi connectivity index (χ1) is 13.5. The van der Waals surface area contributed by atoms with Gasteiger partial charge in [0.15, 0.2) is 0 Å². The summed E-state index contributed by atoms with van der Waals surface area (Å²) in [4.78, 5) is 22.7. The van der Waals surface area contributed by atoms with E-state index in [4.69, 9.17) is 9.84 Å². The van der Waals surface area contributed by atoms with E-state index in [1.165, 1.54) is 18.5 Å². The van der Waals surface area contributed by atoms with E-state index in [0.29, 0.717) is 13.6 Å². The van der Waals surface area contributed by atoms with Crippen molar-refractivity contribution in [3.8, 4) is 0 Å². The number of carboxylic acids is 1. The molecule has 1 aromatic carbocycles. The van der Waals surface area contributed by atoms with Gasteiger partial charge in [0.2, 0.25) is 0 Å². The molecular formula is C19H28AuN4O4P. The van der Waals surface area contributed by atoms with E-state index in [9.17, 15) is 9.59 Å². The molecule has 0 bridgehead atoms. The van der Waals surface area contributed by atoms with Crippen LogP contribution in [0, 0.1) is 6.20 Å². The molecule has 1 heterocycles. The van der Waals surface area contributed by atoms with Crippen LogP contribution in [0.25, 0.3) is 0 Å². The summed E-state index contributed by atoms with van der Waals surface area (Å²) in [6.07, 6.45) is 6.06. The Kier molecular flexibility index (Phi) is 15.1. The largest absolute Gasteiger partial charge is 1.00 e. The van der Waals surface area contributed by atoms with Crippen LogP contribution < -0.4 is 5.32 Å². The quantitative estimate of drug-likeness (QED) is 0.230. The first kappa shape index (κ1) is 27.3. The number of hydrogen-bond acceptors (Lipinski definition) is 5. The van der Waals surface area contributed by atoms with Gasteiger partial charge in [-0.05, 0) is 24.0 Å². The molecule has 10 heteroatoms. The summed E-state index contributed by atoms with van der Waals surface area (Å²) in [5.74, 6) is -1.13. The average molecular weight is 604 g/mol. The van der Waals surface area contributed by atoms with Gasteiger partial charge in [-0.1, -0.05) is 56.8 Å². The maximum absolute atomic E-state index is 11.6. The van der Waals surface area contributed by atoms with E-state index in [-0.39, 0.29) is 35.4 Å². The van der Waals surface area contributed by atoms with Gasteiger partial charge in [0.1, 0.15) is 12.6 Å². The number of aliphatic carboxylic acids is 1. The van der Waals surface area contributed by atoms with Gasteiger partial charge in [0, 0.05) is 6.42 Å². The molecule has 1 aromatic heterocycles. The van der Waals surface area contributed by atoms with Crippen LogP contribution in [0.4, 0.5) is 4.79 Å². The Labute approximate surface area is 188 Å². The third kappa shape index (κ3) is 11.8. The van der Waals surface area contributed by atoms with Crippen molar-refractivity contribution >= 4 is 20.0 Å². The minimum Gasteiger partial charge on any atom is -0.480 e. The standard InChI is InChI=1S/C13H13N4O4.C6H15P.Au/c18-12(19)11(6-9-4-2-1-3-5-9)15-13(20)21-8-10-7-14-17-16-10;1-4-7(5-2)6-3;/h1-5,11H,6,8H2,(H,15,20)(H,18,19)(H,14,16,17);4-6H2,1-3H3;/q-1;;+1/t11-;;/m1../s1. The number of carbonyl (C=O) groups is 2. The molecule has 2 rings (SSSR count). The van der Waals surface area contributed by atoms with E-state index in [2.05, 4.69) is 47.7 Å². The summed E-state index contributed by atoms with van der Waals surface area (Å²) in [6.45, 7) is 6.76. The number of aromatic amines is 1. The second-order valence-electron chi connectivity index (χ2n) is 5.82. The van der Waals surface area contributed by atoms with E-state index in [0.717, 1.165) is 5.56 Å². The Morgan fingerprint density at radius 3 is 2.28 bits per heavy atom. The summed E-state index contributed by atoms with van der Waals surface area (Å²) in [5, 5.41) is 20.7. The molecule has 1 atom stereocenters. The molecule has 29 heavy (non-hydrogen) atoms. The van der Waals surface area contributed by atoms with Gasteiger partial charge in [-0.25, -0.2) is 9.59 Å². The van der Waals surface area contributed by atoms with E-state index in [1.54, 1.807) is 24.3 Å². The number of hydrogen-bond donors (Lipinski definition) is 3. The number of amides is 1. The molecule has 164 valence electrons. The Morgan fingerprint density at radius 2 is 1.83 bits per heavy atom. The fourth-order valence-corrected chi connectivity index (χ4v) is 3.64. The summed E-state index contributed by atoms with van der Waals surface area (Å²) < 4.78 is 4.85. The minimum absolute atomic E-state index is 0. The number of benzene rings is 1. The summed E-state index contributed by atoms with van der Waals surface area (Å²) in [7, 11) is 0.446. The van der Waals surface area contributed by atoms with Gasteiger partial charge < -0.3 is 26.5 Å². The molecule has 1 amide bonds. The number of ether oxygens (including phenoxy) is 1. The van der Waals surface area contributed by atoms with Gasteiger partial charge in [0.25, 0.3) is 0 Å². The van der Waals surface area contributed by atoms with E-state index < -0.39 is 18.1 Å². The van der Waals surface area contributed by atoms with Gasteiger partial charge in [-0.3, -0.25) is 5.10 Å². The molecule has 2 aromatic rings. The second kappa shape index (κ2) is 16.1. The van der Waals surface area contributed by atoms with E-state index >= 15 is 0 Å². The molecule has 0 saturated carbocycles. The first-order valence-electron chi connectivity index (χ1n) is 9.20. The summed E-state index contributed by atoms with van der Waals surface area (Å²) >= 11 is 0. The smallest absolute Gasteiger partial charge is 0.480 e. The van der Waals surface area contributed by atoms with Crippen molar-refractivity contribution in [2.24, 2.45) is 0 Å². The Hall–Kier alpha value is -1.73. The zero-order valence-corrected chi connectivity index (χ0v) is 19.9. The molecular weight excluding hydrogens is 576 g/mol. The van der Waals surface area contributed by atoms with Crippen molar-refractivity contribution < 1.29 is 41.8 Å². The van der Waals surface area contributed by atoms with Gasteiger partial charge in [-0.2, -0.15) is 0 Å². The van der Waals surface area contributed by atoms with Crippen LogP contribution >= 0.6 is 7.92 Å². The van der Waals surface area contributed by atoms with Crippen LogP contribution in [-0.2, 0) is 44.9 Å². The van der Waals surface area contributed by atoms with Crippen LogP contribution in [0.1, 0.15) is 32.0 Å². The minimum atomic E-state index is -1.13. The van der Waals surface area contributed by atoms with Crippen molar-refractivity contribution in [3.63, 3.8) is 0 Å². The van der Waals surface area contributed by atoms with Crippen LogP contribution in [0.2, 0.25) is 0 Å². The molecule has 0 spiro atoms. The molecule has 3 N–H and O–H groups in total. The molecule has 0 aliphatic heterocycles. The van der Waals surface area contributed by atoms with E-state index in [1.807, 2.05) is 6.07 Å². The van der Waals surface area contributed by atoms with Gasteiger partial charge >= 0.3 is 34.4 Å². The van der Waals surface area contributed by atoms with Gasteiger partial charge in [-0.15, -0.1) is 13.1 Å². The van der Waals surface area contributed by atoms with Crippen molar-refractivity contribution in [1.29, 1.82) is 0 Å². The summed E-state index contributed by atoms with van der Waals surface area (Å²) in [5.41, 5.74) is 1.19. The molecule has 0 saturated heterocycles. The molecule has 0 fully saturated rings. The molecule has 0 unspecified atom stereocenters. The zero-order valence-electron chi connectivity index (χ0n) is 16.8. The topological polar surface area (TPSA) is 117 Å². The Morgan fingerprint density at radius 1 is 1.21 bits per heavy atom. The van der Waals surface area contributed by atoms with Crippen molar-refractivity contribution in [3.05, 3.63) is 47.8 Å². The number of aromatic nitrogens is 3. The van der Waals surface area contributed by atoms with Crippen molar-refractivity contribution in [2.45, 2.75) is 39.8 Å². The van der Waals surface area contributed by atoms with Gasteiger partial charge in [0.05, 0.1) is 0 Å². The normalized spacial score (nSPS) is 10.9. The molecule has 0 aliphatic rings. The number of nitrogens with zero attached hydrogens (tertiary/aromatic N) is 2. The summed E-state index contributed by atoms with van der Waals surface area (Å²) in [6, 6.07) is 7.93. The fraction of sp³-hybridized carbons (Fsp3) is 0.474. The number of H-pyrrole nitrogens is 1. The van der Waals surface area contributed by atoms with Crippen LogP contribution in [0.3, 0.4) is 0 Å². The van der Waals surface area contributed by atoms with Crippen LogP contribution in [0.5, 0.6) is 0 Å². The number of nitrogens with one attached hydrogen (secondary N) is 2. The SMILES string of the molecule is CCP(CC)CC.O=C(N[C@H](Cc1ccccc1)C(=O)O)OCc1[c-]nn[nH]1.[Au+]. The average Bonchev–Trinajstić information content (AvgIpc) is 3.22. The maximum Gasteiger partial charge on any atom is 1.00 e. The van der Waals surface area contributed by atoms with Crippen LogP contribution in [0.15, 0.2) is 30.3 Å².